The zero-order chi connectivity index (χ0) is 14.8. The van der Waals surface area contributed by atoms with E-state index >= 15 is 0 Å². The molecule has 0 saturated carbocycles. The number of halogens is 1. The first-order valence-electron chi connectivity index (χ1n) is 5.27. The fourth-order valence-corrected chi connectivity index (χ4v) is 1.23. The number of nitro groups is 1. The van der Waals surface area contributed by atoms with E-state index in [4.69, 9.17) is 4.74 Å². The third-order valence-electron chi connectivity index (χ3n) is 1.93. The molecule has 0 aromatic heterocycles. The van der Waals surface area contributed by atoms with Gasteiger partial charge in [0.15, 0.2) is 5.82 Å². The van der Waals surface area contributed by atoms with Crippen LogP contribution >= 0.6 is 0 Å². The molecule has 7 nitrogen and oxygen atoms in total. The SMILES string of the molecule is CC(C)(C)OC(=O)Nc1c(F)ccc([N+](=O)[O-])c1O. The second kappa shape index (κ2) is 5.09. The lowest BCUT2D eigenvalue weighted by molar-refractivity contribution is -0.385. The number of rotatable bonds is 2. The minimum absolute atomic E-state index is 0.691. The molecule has 0 heterocycles. The van der Waals surface area contributed by atoms with Crippen LogP contribution in [-0.4, -0.2) is 21.7 Å². The van der Waals surface area contributed by atoms with Gasteiger partial charge in [-0.15, -0.1) is 0 Å². The van der Waals surface area contributed by atoms with Crippen LogP contribution in [0.3, 0.4) is 0 Å². The average molecular weight is 272 g/mol. The Hall–Kier alpha value is -2.38. The molecule has 0 radical (unpaired) electrons. The molecule has 0 spiro atoms. The van der Waals surface area contributed by atoms with Gasteiger partial charge >= 0.3 is 11.8 Å². The Balaban J connectivity index is 3.04. The number of hydrogen-bond acceptors (Lipinski definition) is 5. The van der Waals surface area contributed by atoms with Crippen LogP contribution in [0.2, 0.25) is 0 Å². The summed E-state index contributed by atoms with van der Waals surface area (Å²) >= 11 is 0. The first-order chi connectivity index (χ1) is 8.61. The largest absolute Gasteiger partial charge is 0.501 e. The Morgan fingerprint density at radius 2 is 2.05 bits per heavy atom. The summed E-state index contributed by atoms with van der Waals surface area (Å²) < 4.78 is 18.3. The van der Waals surface area contributed by atoms with Crippen LogP contribution in [0, 0.1) is 15.9 Å². The number of amides is 1. The maximum atomic E-state index is 13.4. The molecular formula is C11H13FN2O5. The maximum absolute atomic E-state index is 13.4. The second-order valence-corrected chi connectivity index (χ2v) is 4.67. The highest BCUT2D eigenvalue weighted by Gasteiger charge is 2.24. The summed E-state index contributed by atoms with van der Waals surface area (Å²) in [5.41, 5.74) is -2.23. The van der Waals surface area contributed by atoms with Gasteiger partial charge < -0.3 is 9.84 Å². The lowest BCUT2D eigenvalue weighted by Crippen LogP contribution is -2.27. The first-order valence-corrected chi connectivity index (χ1v) is 5.27. The van der Waals surface area contributed by atoms with Gasteiger partial charge in [-0.3, -0.25) is 15.4 Å². The zero-order valence-electron chi connectivity index (χ0n) is 10.6. The summed E-state index contributed by atoms with van der Waals surface area (Å²) in [5, 5.41) is 22.1. The van der Waals surface area contributed by atoms with Crippen LogP contribution in [0.15, 0.2) is 12.1 Å². The smallest absolute Gasteiger partial charge is 0.412 e. The number of nitrogens with one attached hydrogen (secondary N) is 1. The number of benzene rings is 1. The predicted molar refractivity (Wildman–Crippen MR) is 64.6 cm³/mol. The van der Waals surface area contributed by atoms with Crippen molar-refractivity contribution in [1.82, 2.24) is 0 Å². The Morgan fingerprint density at radius 3 is 2.53 bits per heavy atom. The molecule has 0 fully saturated rings. The van der Waals surface area contributed by atoms with Crippen molar-refractivity contribution in [1.29, 1.82) is 0 Å². The monoisotopic (exact) mass is 272 g/mol. The molecule has 2 N–H and O–H groups in total. The highest BCUT2D eigenvalue weighted by atomic mass is 19.1. The molecule has 1 amide bonds. The molecular weight excluding hydrogens is 259 g/mol. The highest BCUT2D eigenvalue weighted by Crippen LogP contribution is 2.35. The van der Waals surface area contributed by atoms with E-state index in [1.54, 1.807) is 20.8 Å². The Morgan fingerprint density at radius 1 is 1.47 bits per heavy atom. The summed E-state index contributed by atoms with van der Waals surface area (Å²) in [6, 6.07) is 1.56. The predicted octanol–water partition coefficient (Wildman–Crippen LogP) is 2.79. The molecule has 19 heavy (non-hydrogen) atoms. The van der Waals surface area contributed by atoms with E-state index in [0.29, 0.717) is 0 Å². The molecule has 0 aliphatic heterocycles. The summed E-state index contributed by atoms with van der Waals surface area (Å²) in [7, 11) is 0. The number of phenolic OH excluding ortho intramolecular Hbond substituents is 1. The second-order valence-electron chi connectivity index (χ2n) is 4.67. The van der Waals surface area contributed by atoms with E-state index < -0.39 is 39.6 Å². The number of aromatic hydroxyl groups is 1. The van der Waals surface area contributed by atoms with Crippen LogP contribution in [0.1, 0.15) is 20.8 Å². The quantitative estimate of drug-likeness (QED) is 0.489. The molecule has 0 aliphatic carbocycles. The van der Waals surface area contributed by atoms with Crippen LogP contribution in [0.25, 0.3) is 0 Å². The lowest BCUT2D eigenvalue weighted by atomic mass is 10.2. The number of phenols is 1. The van der Waals surface area contributed by atoms with Gasteiger partial charge in [0, 0.05) is 6.07 Å². The van der Waals surface area contributed by atoms with Crippen molar-refractivity contribution >= 4 is 17.5 Å². The van der Waals surface area contributed by atoms with Gasteiger partial charge in [-0.2, -0.15) is 0 Å². The van der Waals surface area contributed by atoms with E-state index in [1.165, 1.54) is 0 Å². The maximum Gasteiger partial charge on any atom is 0.412 e. The van der Waals surface area contributed by atoms with Gasteiger partial charge in [-0.25, -0.2) is 9.18 Å². The van der Waals surface area contributed by atoms with Gasteiger partial charge in [-0.1, -0.05) is 0 Å². The van der Waals surface area contributed by atoms with E-state index in [-0.39, 0.29) is 0 Å². The number of anilines is 1. The Labute approximate surface area is 108 Å². The van der Waals surface area contributed by atoms with Crippen molar-refractivity contribution in [2.45, 2.75) is 26.4 Å². The van der Waals surface area contributed by atoms with Crippen molar-refractivity contribution in [3.63, 3.8) is 0 Å². The number of ether oxygens (including phenoxy) is 1. The molecule has 1 aromatic carbocycles. The molecule has 0 aliphatic rings. The van der Waals surface area contributed by atoms with Gasteiger partial charge in [-0.05, 0) is 26.8 Å². The molecule has 0 unspecified atom stereocenters. The highest BCUT2D eigenvalue weighted by molar-refractivity contribution is 5.88. The average Bonchev–Trinajstić information content (AvgIpc) is 2.21. The number of carbonyl (C=O) groups excluding carboxylic acids is 1. The van der Waals surface area contributed by atoms with E-state index in [9.17, 15) is 24.4 Å². The standard InChI is InChI=1S/C11H13FN2O5/c1-11(2,3)19-10(16)13-8-6(12)4-5-7(9(8)15)14(17)18/h4-5,15H,1-3H3,(H,13,16). The Kier molecular flexibility index (Phi) is 3.93. The summed E-state index contributed by atoms with van der Waals surface area (Å²) in [4.78, 5) is 21.1. The molecule has 1 aromatic rings. The van der Waals surface area contributed by atoms with Crippen molar-refractivity contribution in [3.05, 3.63) is 28.1 Å². The fourth-order valence-electron chi connectivity index (χ4n) is 1.23. The van der Waals surface area contributed by atoms with Gasteiger partial charge in [0.1, 0.15) is 11.3 Å². The topological polar surface area (TPSA) is 102 Å². The molecule has 1 rings (SSSR count). The summed E-state index contributed by atoms with van der Waals surface area (Å²) in [6.45, 7) is 4.78. The van der Waals surface area contributed by atoms with Crippen molar-refractivity contribution in [3.8, 4) is 5.75 Å². The third kappa shape index (κ3) is 3.80. The van der Waals surface area contributed by atoms with Crippen molar-refractivity contribution < 1.29 is 24.0 Å². The minimum atomic E-state index is -1.03. The number of nitrogens with zero attached hydrogens (tertiary/aromatic N) is 1. The van der Waals surface area contributed by atoms with Gasteiger partial charge in [0.2, 0.25) is 5.75 Å². The van der Waals surface area contributed by atoms with E-state index in [1.807, 2.05) is 5.32 Å². The van der Waals surface area contributed by atoms with Crippen LogP contribution in [0.4, 0.5) is 20.6 Å². The number of carbonyl (C=O) groups is 1. The van der Waals surface area contributed by atoms with E-state index in [0.717, 1.165) is 12.1 Å². The molecule has 104 valence electrons. The lowest BCUT2D eigenvalue weighted by Gasteiger charge is -2.20. The summed E-state index contributed by atoms with van der Waals surface area (Å²) in [5.74, 6) is -1.97. The number of nitro benzene ring substituents is 1. The van der Waals surface area contributed by atoms with Crippen LogP contribution < -0.4 is 5.32 Å². The number of hydrogen-bond donors (Lipinski definition) is 2. The summed E-state index contributed by atoms with van der Waals surface area (Å²) in [6.07, 6.45) is -1.03. The van der Waals surface area contributed by atoms with Gasteiger partial charge in [0.05, 0.1) is 4.92 Å². The van der Waals surface area contributed by atoms with Gasteiger partial charge in [0.25, 0.3) is 0 Å². The van der Waals surface area contributed by atoms with Crippen LogP contribution in [-0.2, 0) is 4.74 Å². The molecule has 0 bridgehead atoms. The minimum Gasteiger partial charge on any atom is -0.501 e. The third-order valence-corrected chi connectivity index (χ3v) is 1.93. The van der Waals surface area contributed by atoms with Crippen molar-refractivity contribution in [2.75, 3.05) is 5.32 Å². The van der Waals surface area contributed by atoms with Crippen LogP contribution in [0.5, 0.6) is 5.75 Å². The Bertz CT molecular complexity index is 525. The zero-order valence-corrected chi connectivity index (χ0v) is 10.6. The molecule has 8 heteroatoms. The fraction of sp³-hybridized carbons (Fsp3) is 0.364. The first kappa shape index (κ1) is 14.7. The molecule has 0 atom stereocenters. The normalized spacial score (nSPS) is 10.9. The van der Waals surface area contributed by atoms with Crippen molar-refractivity contribution in [2.24, 2.45) is 0 Å². The molecule has 0 saturated heterocycles. The van der Waals surface area contributed by atoms with E-state index in [2.05, 4.69) is 0 Å².